The first kappa shape index (κ1) is 13.0. The Morgan fingerprint density at radius 1 is 1.56 bits per heavy atom. The molecule has 0 saturated carbocycles. The Labute approximate surface area is 95.8 Å². The molecule has 0 spiro atoms. The quantitative estimate of drug-likeness (QED) is 0.726. The third-order valence-electron chi connectivity index (χ3n) is 3.35. The molecular formula is C11H20N2O3. The zero-order valence-electron chi connectivity index (χ0n) is 10.1. The minimum atomic E-state index is -0.766. The number of likely N-dealkylation sites (tertiary alicyclic amines) is 1. The number of carbonyl (C=O) groups excluding carboxylic acids is 1. The number of amides is 1. The van der Waals surface area contributed by atoms with Gasteiger partial charge in [-0.1, -0.05) is 0 Å². The van der Waals surface area contributed by atoms with Crippen molar-refractivity contribution in [1.82, 2.24) is 10.2 Å². The molecule has 92 valence electrons. The van der Waals surface area contributed by atoms with Crippen LogP contribution >= 0.6 is 0 Å². The third-order valence-corrected chi connectivity index (χ3v) is 3.35. The number of rotatable bonds is 4. The van der Waals surface area contributed by atoms with Crippen LogP contribution in [0.2, 0.25) is 0 Å². The minimum absolute atomic E-state index is 0.0274. The van der Waals surface area contributed by atoms with E-state index in [1.54, 1.807) is 0 Å². The van der Waals surface area contributed by atoms with Gasteiger partial charge in [0.1, 0.15) is 0 Å². The van der Waals surface area contributed by atoms with Crippen molar-refractivity contribution in [3.05, 3.63) is 0 Å². The molecule has 1 saturated heterocycles. The van der Waals surface area contributed by atoms with Crippen LogP contribution < -0.4 is 5.32 Å². The Kier molecular flexibility index (Phi) is 4.29. The van der Waals surface area contributed by atoms with E-state index in [0.29, 0.717) is 19.5 Å². The fourth-order valence-electron chi connectivity index (χ4n) is 2.31. The lowest BCUT2D eigenvalue weighted by Crippen LogP contribution is -2.47. The van der Waals surface area contributed by atoms with Gasteiger partial charge >= 0.3 is 5.97 Å². The largest absolute Gasteiger partial charge is 0.481 e. The van der Waals surface area contributed by atoms with Crippen LogP contribution in [-0.4, -0.2) is 47.1 Å². The van der Waals surface area contributed by atoms with E-state index in [4.69, 9.17) is 5.11 Å². The van der Waals surface area contributed by atoms with Crippen molar-refractivity contribution in [3.63, 3.8) is 0 Å². The zero-order valence-corrected chi connectivity index (χ0v) is 10.1. The van der Waals surface area contributed by atoms with Gasteiger partial charge in [0.25, 0.3) is 0 Å². The predicted molar refractivity (Wildman–Crippen MR) is 60.1 cm³/mol. The fraction of sp³-hybridized carbons (Fsp3) is 0.818. The van der Waals surface area contributed by atoms with Gasteiger partial charge in [-0.2, -0.15) is 0 Å². The van der Waals surface area contributed by atoms with E-state index in [1.165, 1.54) is 0 Å². The molecule has 16 heavy (non-hydrogen) atoms. The van der Waals surface area contributed by atoms with E-state index in [0.717, 1.165) is 0 Å². The number of hydrogen-bond acceptors (Lipinski definition) is 3. The number of likely N-dealkylation sites (N-methyl/N-ethyl adjacent to an activating group) is 1. The topological polar surface area (TPSA) is 69.6 Å². The van der Waals surface area contributed by atoms with Crippen molar-refractivity contribution < 1.29 is 14.7 Å². The predicted octanol–water partition coefficient (Wildman–Crippen LogP) is 0.306. The molecule has 1 heterocycles. The molecule has 0 aromatic heterocycles. The molecule has 1 aliphatic rings. The van der Waals surface area contributed by atoms with Crippen LogP contribution in [0.15, 0.2) is 0 Å². The second kappa shape index (κ2) is 5.30. The standard InChI is InChI=1S/C11H20N2O3/c1-4-12-10(14)8(3)13-6-5-9(7(13)2)11(15)16/h7-9H,4-6H2,1-3H3,(H,12,14)(H,15,16). The molecule has 3 atom stereocenters. The van der Waals surface area contributed by atoms with Gasteiger partial charge in [-0.05, 0) is 27.2 Å². The van der Waals surface area contributed by atoms with Gasteiger partial charge in [0.05, 0.1) is 12.0 Å². The number of carboxylic acids is 1. The molecule has 5 nitrogen and oxygen atoms in total. The van der Waals surface area contributed by atoms with Gasteiger partial charge in [-0.15, -0.1) is 0 Å². The Morgan fingerprint density at radius 2 is 2.19 bits per heavy atom. The Balaban J connectivity index is 2.62. The molecule has 2 N–H and O–H groups in total. The maximum absolute atomic E-state index is 11.7. The van der Waals surface area contributed by atoms with Gasteiger partial charge in [-0.25, -0.2) is 0 Å². The highest BCUT2D eigenvalue weighted by atomic mass is 16.4. The van der Waals surface area contributed by atoms with E-state index < -0.39 is 5.97 Å². The van der Waals surface area contributed by atoms with Gasteiger partial charge in [0, 0.05) is 19.1 Å². The van der Waals surface area contributed by atoms with Gasteiger partial charge in [0.2, 0.25) is 5.91 Å². The first-order chi connectivity index (χ1) is 7.49. The van der Waals surface area contributed by atoms with Crippen molar-refractivity contribution >= 4 is 11.9 Å². The Morgan fingerprint density at radius 3 is 2.62 bits per heavy atom. The van der Waals surface area contributed by atoms with E-state index in [1.807, 2.05) is 25.7 Å². The third kappa shape index (κ3) is 2.52. The maximum atomic E-state index is 11.7. The summed E-state index contributed by atoms with van der Waals surface area (Å²) >= 11 is 0. The van der Waals surface area contributed by atoms with Crippen LogP contribution in [0.1, 0.15) is 27.2 Å². The summed E-state index contributed by atoms with van der Waals surface area (Å²) in [6, 6.07) is -0.325. The maximum Gasteiger partial charge on any atom is 0.308 e. The number of carboxylic acid groups (broad SMARTS) is 1. The molecule has 0 aliphatic carbocycles. The second-order valence-electron chi connectivity index (χ2n) is 4.28. The minimum Gasteiger partial charge on any atom is -0.481 e. The average molecular weight is 228 g/mol. The number of carbonyl (C=O) groups is 2. The molecule has 0 bridgehead atoms. The summed E-state index contributed by atoms with van der Waals surface area (Å²) in [7, 11) is 0. The molecule has 0 aromatic rings. The summed E-state index contributed by atoms with van der Waals surface area (Å²) in [5.74, 6) is -1.14. The Hall–Kier alpha value is -1.10. The molecule has 1 amide bonds. The molecule has 5 heteroatoms. The first-order valence-electron chi connectivity index (χ1n) is 5.75. The highest BCUT2D eigenvalue weighted by Gasteiger charge is 2.39. The SMILES string of the molecule is CCNC(=O)C(C)N1CCC(C(=O)O)C1C. The van der Waals surface area contributed by atoms with Gasteiger partial charge < -0.3 is 10.4 Å². The monoisotopic (exact) mass is 228 g/mol. The van der Waals surface area contributed by atoms with E-state index in [-0.39, 0.29) is 23.9 Å². The molecule has 1 aliphatic heterocycles. The van der Waals surface area contributed by atoms with Crippen molar-refractivity contribution in [3.8, 4) is 0 Å². The summed E-state index contributed by atoms with van der Waals surface area (Å²) in [4.78, 5) is 24.6. The summed E-state index contributed by atoms with van der Waals surface area (Å²) in [5, 5.41) is 11.8. The number of hydrogen-bond donors (Lipinski definition) is 2. The molecule has 0 radical (unpaired) electrons. The molecule has 1 fully saturated rings. The van der Waals surface area contributed by atoms with Crippen molar-refractivity contribution in [1.29, 1.82) is 0 Å². The van der Waals surface area contributed by atoms with Crippen LogP contribution in [0, 0.1) is 5.92 Å². The fourth-order valence-corrected chi connectivity index (χ4v) is 2.31. The van der Waals surface area contributed by atoms with Crippen LogP contribution in [-0.2, 0) is 9.59 Å². The average Bonchev–Trinajstić information content (AvgIpc) is 2.59. The number of nitrogens with zero attached hydrogens (tertiary/aromatic N) is 1. The number of nitrogens with one attached hydrogen (secondary N) is 1. The van der Waals surface area contributed by atoms with Gasteiger partial charge in [0.15, 0.2) is 0 Å². The van der Waals surface area contributed by atoms with Crippen LogP contribution in [0.3, 0.4) is 0 Å². The molecule has 1 rings (SSSR count). The summed E-state index contributed by atoms with van der Waals surface area (Å²) < 4.78 is 0. The normalized spacial score (nSPS) is 27.7. The smallest absolute Gasteiger partial charge is 0.308 e. The summed E-state index contributed by atoms with van der Waals surface area (Å²) in [5.41, 5.74) is 0. The van der Waals surface area contributed by atoms with E-state index >= 15 is 0 Å². The lowest BCUT2D eigenvalue weighted by molar-refractivity contribution is -0.143. The van der Waals surface area contributed by atoms with E-state index in [2.05, 4.69) is 5.32 Å². The molecular weight excluding hydrogens is 208 g/mol. The van der Waals surface area contributed by atoms with Crippen molar-refractivity contribution in [2.24, 2.45) is 5.92 Å². The second-order valence-corrected chi connectivity index (χ2v) is 4.28. The molecule has 0 aromatic carbocycles. The van der Waals surface area contributed by atoms with Crippen molar-refractivity contribution in [2.75, 3.05) is 13.1 Å². The highest BCUT2D eigenvalue weighted by Crippen LogP contribution is 2.26. The molecule has 3 unspecified atom stereocenters. The zero-order chi connectivity index (χ0) is 12.3. The van der Waals surface area contributed by atoms with E-state index in [9.17, 15) is 9.59 Å². The lowest BCUT2D eigenvalue weighted by Gasteiger charge is -2.28. The lowest BCUT2D eigenvalue weighted by atomic mass is 10.0. The summed E-state index contributed by atoms with van der Waals surface area (Å²) in [6.45, 7) is 6.86. The first-order valence-corrected chi connectivity index (χ1v) is 5.75. The summed E-state index contributed by atoms with van der Waals surface area (Å²) in [6.07, 6.45) is 0.625. The van der Waals surface area contributed by atoms with Crippen LogP contribution in [0.4, 0.5) is 0 Å². The van der Waals surface area contributed by atoms with Gasteiger partial charge in [-0.3, -0.25) is 14.5 Å². The van der Waals surface area contributed by atoms with Crippen molar-refractivity contribution in [2.45, 2.75) is 39.3 Å². The highest BCUT2D eigenvalue weighted by molar-refractivity contribution is 5.81. The van der Waals surface area contributed by atoms with Crippen LogP contribution in [0.5, 0.6) is 0 Å². The number of aliphatic carboxylic acids is 1. The Bertz CT molecular complexity index is 280. The van der Waals surface area contributed by atoms with Crippen LogP contribution in [0.25, 0.3) is 0 Å².